The number of carboxylic acid groups (broad SMARTS) is 1. The molecule has 0 saturated carbocycles. The van der Waals surface area contributed by atoms with Gasteiger partial charge in [-0.05, 0) is 56.0 Å². The molecule has 1 amide bonds. The van der Waals surface area contributed by atoms with Crippen molar-refractivity contribution in [3.8, 4) is 5.75 Å². The number of halogens is 1. The molecule has 282 valence electrons. The molecule has 0 aliphatic carbocycles. The Balaban J connectivity index is 0.000000803. The van der Waals surface area contributed by atoms with Crippen molar-refractivity contribution in [1.29, 1.82) is 0 Å². The highest BCUT2D eigenvalue weighted by Gasteiger charge is 2.41. The molecular formula is C36H46FN5O8S2. The summed E-state index contributed by atoms with van der Waals surface area (Å²) < 4.78 is 21.5. The van der Waals surface area contributed by atoms with Gasteiger partial charge in [0.1, 0.15) is 28.9 Å². The summed E-state index contributed by atoms with van der Waals surface area (Å²) >= 11 is 2.48. The Morgan fingerprint density at radius 1 is 1.13 bits per heavy atom. The number of phenols is 1. The number of ether oxygens (including phenoxy) is 1. The van der Waals surface area contributed by atoms with E-state index in [9.17, 15) is 29.0 Å². The van der Waals surface area contributed by atoms with Crippen LogP contribution >= 0.6 is 22.7 Å². The van der Waals surface area contributed by atoms with Crippen molar-refractivity contribution in [2.45, 2.75) is 70.3 Å². The van der Waals surface area contributed by atoms with Crippen LogP contribution in [0.5, 0.6) is 5.75 Å². The predicted molar refractivity (Wildman–Crippen MR) is 197 cm³/mol. The number of carbonyl (C=O) groups is 2. The van der Waals surface area contributed by atoms with Crippen LogP contribution in [-0.4, -0.2) is 110 Å². The van der Waals surface area contributed by atoms with Crippen molar-refractivity contribution in [2.75, 3.05) is 45.9 Å². The van der Waals surface area contributed by atoms with Gasteiger partial charge >= 0.3 is 10.8 Å². The zero-order valence-corrected chi connectivity index (χ0v) is 31.1. The van der Waals surface area contributed by atoms with E-state index >= 15 is 0 Å². The summed E-state index contributed by atoms with van der Waals surface area (Å²) in [6.07, 6.45) is -0.0363. The number of benzene rings is 2. The number of aliphatic carboxylic acids is 1. The van der Waals surface area contributed by atoms with E-state index in [2.05, 4.69) is 34.0 Å². The second-order valence-corrected chi connectivity index (χ2v) is 15.4. The van der Waals surface area contributed by atoms with Gasteiger partial charge in [0.25, 0.3) is 5.91 Å². The van der Waals surface area contributed by atoms with Crippen LogP contribution < -0.4 is 10.2 Å². The van der Waals surface area contributed by atoms with E-state index in [-0.39, 0.29) is 34.5 Å². The number of nitrogens with one attached hydrogen (secondary N) is 2. The van der Waals surface area contributed by atoms with Crippen molar-refractivity contribution < 1.29 is 39.1 Å². The fourth-order valence-corrected chi connectivity index (χ4v) is 8.03. The zero-order valence-electron chi connectivity index (χ0n) is 29.4. The van der Waals surface area contributed by atoms with Crippen LogP contribution in [0.4, 0.5) is 4.39 Å². The molecule has 0 bridgehead atoms. The molecule has 2 fully saturated rings. The van der Waals surface area contributed by atoms with Crippen molar-refractivity contribution in [3.05, 3.63) is 78.6 Å². The van der Waals surface area contributed by atoms with Gasteiger partial charge in [-0.15, -0.1) is 11.3 Å². The van der Waals surface area contributed by atoms with Crippen molar-refractivity contribution in [1.82, 2.24) is 25.1 Å². The monoisotopic (exact) mass is 759 g/mol. The SMILES string of the molecule is CC(C)c1nc(C(=O)N2CCOC3(CCN(Cc4ccc(F)c(CCNC[C@H](O)c5ccc(O)c6[nH]c(=O)sc56)c4)CC3)C2)cs1.CC(O)C(=O)O. The first kappa shape index (κ1) is 39.4. The number of phenolic OH excluding ortho intramolecular Hbond substituents is 1. The lowest BCUT2D eigenvalue weighted by molar-refractivity contribution is -0.145. The maximum absolute atomic E-state index is 14.7. The summed E-state index contributed by atoms with van der Waals surface area (Å²) in [5.74, 6) is -1.21. The number of hydrogen-bond donors (Lipinski definition) is 6. The summed E-state index contributed by atoms with van der Waals surface area (Å²) in [4.78, 5) is 45.6. The Hall–Kier alpha value is -3.77. The second-order valence-electron chi connectivity index (χ2n) is 13.6. The van der Waals surface area contributed by atoms with Crippen LogP contribution in [0.25, 0.3) is 10.2 Å². The average molecular weight is 760 g/mol. The molecule has 2 atom stereocenters. The zero-order chi connectivity index (χ0) is 37.6. The first-order valence-corrected chi connectivity index (χ1v) is 19.0. The van der Waals surface area contributed by atoms with Crippen molar-refractivity contribution >= 4 is 44.8 Å². The molecule has 1 unspecified atom stereocenters. The van der Waals surface area contributed by atoms with Gasteiger partial charge in [-0.2, -0.15) is 0 Å². The fourth-order valence-electron chi connectivity index (χ4n) is 6.30. The van der Waals surface area contributed by atoms with Gasteiger partial charge in [-0.25, -0.2) is 14.2 Å². The highest BCUT2D eigenvalue weighted by Crippen LogP contribution is 2.33. The van der Waals surface area contributed by atoms with Gasteiger partial charge in [0.2, 0.25) is 0 Å². The first-order chi connectivity index (χ1) is 24.7. The van der Waals surface area contributed by atoms with Crippen LogP contribution in [0.2, 0.25) is 0 Å². The number of piperidine rings is 1. The van der Waals surface area contributed by atoms with Gasteiger partial charge in [0.05, 0.1) is 34.6 Å². The fraction of sp³-hybridized carbons (Fsp3) is 0.500. The highest BCUT2D eigenvalue weighted by atomic mass is 32.1. The number of amides is 1. The minimum Gasteiger partial charge on any atom is -0.506 e. The van der Waals surface area contributed by atoms with Crippen molar-refractivity contribution in [3.63, 3.8) is 0 Å². The number of hydrogen-bond acceptors (Lipinski definition) is 12. The molecule has 4 heterocycles. The Kier molecular flexibility index (Phi) is 13.2. The number of aromatic amines is 1. The number of aromatic hydroxyl groups is 1. The van der Waals surface area contributed by atoms with Crippen molar-refractivity contribution in [2.24, 2.45) is 0 Å². The molecule has 2 aromatic heterocycles. The number of likely N-dealkylation sites (tertiary alicyclic amines) is 1. The predicted octanol–water partition coefficient (Wildman–Crippen LogP) is 3.84. The number of morpholine rings is 1. The number of fused-ring (bicyclic) bond motifs is 1. The minimum atomic E-state index is -1.23. The third kappa shape index (κ3) is 9.80. The summed E-state index contributed by atoms with van der Waals surface area (Å²) in [6.45, 7) is 10.0. The summed E-state index contributed by atoms with van der Waals surface area (Å²) in [5.41, 5.74) is 2.69. The molecule has 2 aliphatic heterocycles. The highest BCUT2D eigenvalue weighted by molar-refractivity contribution is 7.16. The summed E-state index contributed by atoms with van der Waals surface area (Å²) in [6, 6.07) is 8.32. The molecule has 1 spiro atoms. The summed E-state index contributed by atoms with van der Waals surface area (Å²) in [7, 11) is 0. The molecule has 13 nitrogen and oxygen atoms in total. The summed E-state index contributed by atoms with van der Waals surface area (Å²) in [5, 5.41) is 42.5. The smallest absolute Gasteiger partial charge is 0.332 e. The third-order valence-electron chi connectivity index (χ3n) is 9.27. The maximum atomic E-state index is 14.7. The van der Waals surface area contributed by atoms with E-state index in [0.29, 0.717) is 72.2 Å². The van der Waals surface area contributed by atoms with Gasteiger partial charge in [0.15, 0.2) is 0 Å². The average Bonchev–Trinajstić information content (AvgIpc) is 3.77. The number of carboxylic acids is 1. The number of aromatic nitrogens is 2. The van der Waals surface area contributed by atoms with E-state index in [1.54, 1.807) is 6.07 Å². The lowest BCUT2D eigenvalue weighted by Crippen LogP contribution is -2.58. The number of rotatable bonds is 11. The molecule has 4 aromatic rings. The first-order valence-electron chi connectivity index (χ1n) is 17.3. The lowest BCUT2D eigenvalue weighted by atomic mass is 9.89. The molecule has 2 aromatic carbocycles. The minimum absolute atomic E-state index is 0.0206. The van der Waals surface area contributed by atoms with Crippen LogP contribution in [0, 0.1) is 5.82 Å². The molecule has 6 rings (SSSR count). The van der Waals surface area contributed by atoms with Crippen LogP contribution in [0.15, 0.2) is 40.5 Å². The standard InChI is InChI=1S/C33H40FN5O5S2.C3H6O3/c1-20(2)30-36-25(18-45-30)31(42)39-13-14-44-33(19-39)8-11-38(12-9-33)17-21-3-5-24(34)22(15-21)7-10-35-16-27(41)23-4-6-26(40)28-29(23)46-32(43)37-28;1-2(4)3(5)6/h3-6,15,18,20,27,35,40-41H,7-14,16-17,19H2,1-2H3,(H,37,43);2,4H,1H3,(H,5,6)/t27-;/m0./s1. The Bertz CT molecular complexity index is 1900. The number of carbonyl (C=O) groups excluding carboxylic acids is 1. The number of aliphatic hydroxyl groups excluding tert-OH is 2. The van der Waals surface area contributed by atoms with Gasteiger partial charge < -0.3 is 40.4 Å². The topological polar surface area (TPSA) is 189 Å². The lowest BCUT2D eigenvalue weighted by Gasteiger charge is -2.47. The number of aliphatic hydroxyl groups is 2. The number of H-pyrrole nitrogens is 1. The second kappa shape index (κ2) is 17.4. The number of nitrogens with zero attached hydrogens (tertiary/aromatic N) is 3. The Morgan fingerprint density at radius 3 is 2.54 bits per heavy atom. The molecular weight excluding hydrogens is 714 g/mol. The molecule has 0 radical (unpaired) electrons. The molecule has 2 saturated heterocycles. The largest absolute Gasteiger partial charge is 0.506 e. The molecule has 2 aliphatic rings. The Labute approximate surface area is 308 Å². The van der Waals surface area contributed by atoms with Gasteiger partial charge in [0, 0.05) is 49.6 Å². The Morgan fingerprint density at radius 2 is 1.87 bits per heavy atom. The quantitative estimate of drug-likeness (QED) is 0.122. The van der Waals surface area contributed by atoms with E-state index < -0.39 is 18.2 Å². The molecule has 6 N–H and O–H groups in total. The maximum Gasteiger partial charge on any atom is 0.332 e. The normalized spacial score (nSPS) is 17.2. The van der Waals surface area contributed by atoms with Gasteiger partial charge in [-0.1, -0.05) is 43.4 Å². The van der Waals surface area contributed by atoms with Crippen LogP contribution in [-0.2, 0) is 22.5 Å². The number of thiazole rings is 2. The molecule has 52 heavy (non-hydrogen) atoms. The van der Waals surface area contributed by atoms with E-state index in [1.165, 1.54) is 30.4 Å². The van der Waals surface area contributed by atoms with Crippen LogP contribution in [0.1, 0.15) is 77.8 Å². The van der Waals surface area contributed by atoms with E-state index in [1.807, 2.05) is 22.4 Å². The van der Waals surface area contributed by atoms with E-state index in [4.69, 9.17) is 14.9 Å². The van der Waals surface area contributed by atoms with Gasteiger partial charge in [-0.3, -0.25) is 14.5 Å². The van der Waals surface area contributed by atoms with Crippen LogP contribution in [0.3, 0.4) is 0 Å². The third-order valence-corrected chi connectivity index (χ3v) is 11.3. The molecule has 16 heteroatoms. The van der Waals surface area contributed by atoms with E-state index in [0.717, 1.165) is 47.8 Å².